The van der Waals surface area contributed by atoms with Crippen LogP contribution in [0.5, 0.6) is 0 Å². The van der Waals surface area contributed by atoms with E-state index in [4.69, 9.17) is 9.97 Å². The minimum absolute atomic E-state index is 0. The second kappa shape index (κ2) is 7.32. The molecule has 3 heterocycles. The third-order valence-corrected chi connectivity index (χ3v) is 4.67. The predicted molar refractivity (Wildman–Crippen MR) is 93.4 cm³/mol. The van der Waals surface area contributed by atoms with Gasteiger partial charge in [0.15, 0.2) is 5.82 Å². The highest BCUT2D eigenvalue weighted by molar-refractivity contribution is 5.86. The molecule has 5 heteroatoms. The molecule has 1 fully saturated rings. The van der Waals surface area contributed by atoms with Crippen molar-refractivity contribution >= 4 is 23.3 Å². The second-order valence-corrected chi connectivity index (χ2v) is 6.27. The minimum Gasteiger partial charge on any atom is -1.00 e. The quantitative estimate of drug-likeness (QED) is 0.836. The summed E-state index contributed by atoms with van der Waals surface area (Å²) in [5.74, 6) is 2.08. The molecule has 1 saturated heterocycles. The van der Waals surface area contributed by atoms with Crippen LogP contribution in [0.1, 0.15) is 43.3 Å². The number of rotatable bonds is 3. The molecule has 24 heavy (non-hydrogen) atoms. The second-order valence-electron chi connectivity index (χ2n) is 6.27. The maximum Gasteiger partial charge on any atom is 0.203 e. The summed E-state index contributed by atoms with van der Waals surface area (Å²) < 4.78 is 0. The average Bonchev–Trinajstić information content (AvgIpc) is 3.06. The Morgan fingerprint density at radius 1 is 1.04 bits per heavy atom. The van der Waals surface area contributed by atoms with Crippen molar-refractivity contribution in [3.05, 3.63) is 47.4 Å². The summed E-state index contributed by atoms with van der Waals surface area (Å²) in [6, 6.07) is 10.5. The van der Waals surface area contributed by atoms with Crippen LogP contribution in [0.2, 0.25) is 0 Å². The van der Waals surface area contributed by atoms with Crippen LogP contribution in [0.15, 0.2) is 30.3 Å². The summed E-state index contributed by atoms with van der Waals surface area (Å²) in [7, 11) is 0. The van der Waals surface area contributed by atoms with Gasteiger partial charge in [0, 0.05) is 31.1 Å². The molecule has 126 valence electrons. The Morgan fingerprint density at radius 2 is 1.79 bits per heavy atom. The molecule has 0 radical (unpaired) electrons. The summed E-state index contributed by atoms with van der Waals surface area (Å²) in [5.41, 5.74) is 4.76. The fourth-order valence-corrected chi connectivity index (χ4v) is 3.42. The SMILES string of the molecule is CCc1nc2c(c(N3CCCCC3)n1)[NH2+]C(c1ccccc1)=C2.[Cl-]. The topological polar surface area (TPSA) is 45.6 Å². The van der Waals surface area contributed by atoms with E-state index in [1.54, 1.807) is 0 Å². The summed E-state index contributed by atoms with van der Waals surface area (Å²) in [6.45, 7) is 4.35. The minimum atomic E-state index is 0. The fraction of sp³-hybridized carbons (Fsp3) is 0.368. The first-order valence-corrected chi connectivity index (χ1v) is 8.63. The van der Waals surface area contributed by atoms with Gasteiger partial charge >= 0.3 is 0 Å². The van der Waals surface area contributed by atoms with Gasteiger partial charge in [-0.1, -0.05) is 25.1 Å². The Bertz CT molecular complexity index is 737. The van der Waals surface area contributed by atoms with Gasteiger partial charge in [-0.05, 0) is 31.4 Å². The van der Waals surface area contributed by atoms with Gasteiger partial charge in [0.2, 0.25) is 5.69 Å². The molecule has 2 N–H and O–H groups in total. The molecule has 0 spiro atoms. The molecule has 0 amide bonds. The number of quaternary nitrogens is 1. The van der Waals surface area contributed by atoms with E-state index in [9.17, 15) is 0 Å². The molecule has 1 aromatic carbocycles. The fourth-order valence-electron chi connectivity index (χ4n) is 3.42. The van der Waals surface area contributed by atoms with E-state index in [0.29, 0.717) is 0 Å². The molecular weight excluding hydrogens is 320 g/mol. The van der Waals surface area contributed by atoms with Gasteiger partial charge in [-0.15, -0.1) is 0 Å². The normalized spacial score (nSPS) is 16.4. The molecule has 4 rings (SSSR count). The maximum atomic E-state index is 4.86. The molecule has 2 aliphatic heterocycles. The predicted octanol–water partition coefficient (Wildman–Crippen LogP) is -0.260. The third kappa shape index (κ3) is 3.17. The molecule has 4 nitrogen and oxygen atoms in total. The highest BCUT2D eigenvalue weighted by atomic mass is 35.5. The molecule has 0 unspecified atom stereocenters. The monoisotopic (exact) mass is 342 g/mol. The smallest absolute Gasteiger partial charge is 0.203 e. The third-order valence-electron chi connectivity index (χ3n) is 4.67. The number of anilines is 1. The Morgan fingerprint density at radius 3 is 2.50 bits per heavy atom. The standard InChI is InChI=1S/C19H22N4.ClH/c1-2-17-20-16-13-15(14-9-5-3-6-10-14)21-18(16)19(22-17)23-11-7-4-8-12-23;/h3,5-6,9-10,13,21H,2,4,7-8,11-12H2,1H3;1H. The average molecular weight is 343 g/mol. The lowest BCUT2D eigenvalue weighted by molar-refractivity contribution is -0.464. The number of halogens is 1. The van der Waals surface area contributed by atoms with Gasteiger partial charge in [0.05, 0.1) is 0 Å². The maximum absolute atomic E-state index is 4.86. The molecule has 1 aromatic heterocycles. The van der Waals surface area contributed by atoms with Gasteiger partial charge < -0.3 is 17.3 Å². The number of piperidine rings is 1. The van der Waals surface area contributed by atoms with Crippen molar-refractivity contribution in [1.29, 1.82) is 0 Å². The first kappa shape index (κ1) is 16.9. The first-order valence-electron chi connectivity index (χ1n) is 8.63. The van der Waals surface area contributed by atoms with Crippen molar-refractivity contribution in [2.45, 2.75) is 32.6 Å². The van der Waals surface area contributed by atoms with Crippen LogP contribution in [-0.4, -0.2) is 23.1 Å². The van der Waals surface area contributed by atoms with Crippen LogP contribution in [-0.2, 0) is 6.42 Å². The lowest BCUT2D eigenvalue weighted by atomic mass is 10.1. The number of nitrogens with two attached hydrogens (primary N) is 1. The number of hydrogen-bond acceptors (Lipinski definition) is 3. The summed E-state index contributed by atoms with van der Waals surface area (Å²) in [6.07, 6.45) is 6.95. The number of fused-ring (bicyclic) bond motifs is 1. The molecule has 0 bridgehead atoms. The summed E-state index contributed by atoms with van der Waals surface area (Å²) >= 11 is 0. The molecule has 2 aromatic rings. The molecule has 2 aliphatic rings. The van der Waals surface area contributed by atoms with E-state index >= 15 is 0 Å². The van der Waals surface area contributed by atoms with Crippen molar-refractivity contribution in [2.75, 3.05) is 18.0 Å². The van der Waals surface area contributed by atoms with Gasteiger partial charge in [-0.2, -0.15) is 0 Å². The number of nitrogens with zero attached hydrogens (tertiary/aromatic N) is 3. The zero-order chi connectivity index (χ0) is 15.6. The van der Waals surface area contributed by atoms with Crippen molar-refractivity contribution in [3.8, 4) is 0 Å². The Balaban J connectivity index is 0.00000169. The van der Waals surface area contributed by atoms with Gasteiger partial charge in [0.1, 0.15) is 17.2 Å². The lowest BCUT2D eigenvalue weighted by Crippen LogP contribution is -3.00. The van der Waals surface area contributed by atoms with E-state index in [-0.39, 0.29) is 12.4 Å². The van der Waals surface area contributed by atoms with Crippen LogP contribution in [0.3, 0.4) is 0 Å². The zero-order valence-corrected chi connectivity index (χ0v) is 14.8. The van der Waals surface area contributed by atoms with Crippen LogP contribution in [0, 0.1) is 0 Å². The highest BCUT2D eigenvalue weighted by Crippen LogP contribution is 2.31. The zero-order valence-electron chi connectivity index (χ0n) is 14.0. The Labute approximate surface area is 149 Å². The number of aromatic nitrogens is 2. The van der Waals surface area contributed by atoms with Crippen LogP contribution >= 0.6 is 0 Å². The number of hydrogen-bond donors (Lipinski definition) is 1. The van der Waals surface area contributed by atoms with Gasteiger partial charge in [-0.3, -0.25) is 5.32 Å². The highest BCUT2D eigenvalue weighted by Gasteiger charge is 2.29. The van der Waals surface area contributed by atoms with Crippen LogP contribution in [0.25, 0.3) is 11.8 Å². The molecule has 0 aliphatic carbocycles. The first-order chi connectivity index (χ1) is 11.3. The van der Waals surface area contributed by atoms with Crippen molar-refractivity contribution in [3.63, 3.8) is 0 Å². The Kier molecular flexibility index (Phi) is 5.17. The van der Waals surface area contributed by atoms with Crippen molar-refractivity contribution in [2.24, 2.45) is 0 Å². The van der Waals surface area contributed by atoms with E-state index in [0.717, 1.165) is 36.8 Å². The molecule has 0 atom stereocenters. The largest absolute Gasteiger partial charge is 1.00 e. The molecule has 0 saturated carbocycles. The van der Waals surface area contributed by atoms with Crippen molar-refractivity contribution in [1.82, 2.24) is 9.97 Å². The van der Waals surface area contributed by atoms with Crippen LogP contribution in [0.4, 0.5) is 11.5 Å². The van der Waals surface area contributed by atoms with E-state index in [2.05, 4.69) is 53.5 Å². The number of aryl methyl sites for hydroxylation is 1. The van der Waals surface area contributed by atoms with E-state index < -0.39 is 0 Å². The van der Waals surface area contributed by atoms with Crippen LogP contribution < -0.4 is 22.6 Å². The van der Waals surface area contributed by atoms with Crippen molar-refractivity contribution < 1.29 is 17.7 Å². The summed E-state index contributed by atoms with van der Waals surface area (Å²) in [5, 5.41) is 2.26. The number of benzene rings is 1. The Hall–Kier alpha value is -1.91. The molecular formula is C19H23ClN4. The summed E-state index contributed by atoms with van der Waals surface area (Å²) in [4.78, 5) is 12.1. The van der Waals surface area contributed by atoms with Gasteiger partial charge in [-0.25, -0.2) is 9.97 Å². The van der Waals surface area contributed by atoms with Gasteiger partial charge in [0.25, 0.3) is 0 Å². The van der Waals surface area contributed by atoms with E-state index in [1.165, 1.54) is 36.2 Å². The lowest BCUT2D eigenvalue weighted by Gasteiger charge is -2.28. The van der Waals surface area contributed by atoms with E-state index in [1.807, 2.05) is 0 Å².